The fourth-order valence-corrected chi connectivity index (χ4v) is 3.19. The lowest BCUT2D eigenvalue weighted by molar-refractivity contribution is -0.205. The molecule has 0 spiro atoms. The fourth-order valence-electron chi connectivity index (χ4n) is 3.19. The molecule has 10 nitrogen and oxygen atoms in total. The summed E-state index contributed by atoms with van der Waals surface area (Å²) in [5, 5.41) is 0. The quantitative estimate of drug-likeness (QED) is 0.289. The maximum absolute atomic E-state index is 12.5. The fraction of sp³-hybridized carbons (Fsp3) is 0.682. The first kappa shape index (κ1) is 26.0. The predicted molar refractivity (Wildman–Crippen MR) is 110 cm³/mol. The topological polar surface area (TPSA) is 116 Å². The van der Waals surface area contributed by atoms with Crippen LogP contribution in [0.25, 0.3) is 0 Å². The van der Waals surface area contributed by atoms with Crippen LogP contribution >= 0.6 is 0 Å². The van der Waals surface area contributed by atoms with Crippen LogP contribution in [0.2, 0.25) is 0 Å². The highest BCUT2D eigenvalue weighted by atomic mass is 16.8. The molecule has 32 heavy (non-hydrogen) atoms. The Kier molecular flexibility index (Phi) is 8.58. The molecule has 0 amide bonds. The molecular weight excluding hydrogens is 424 g/mol. The summed E-state index contributed by atoms with van der Waals surface area (Å²) in [4.78, 5) is 36.4. The van der Waals surface area contributed by atoms with E-state index in [4.69, 9.17) is 33.2 Å². The maximum atomic E-state index is 12.5. The molecule has 2 aliphatic heterocycles. The molecule has 0 N–H and O–H groups in total. The van der Waals surface area contributed by atoms with Gasteiger partial charge in [0.2, 0.25) is 0 Å². The van der Waals surface area contributed by atoms with Crippen molar-refractivity contribution in [3.63, 3.8) is 0 Å². The molecule has 2 heterocycles. The SMILES string of the molecule is C=C(C)C(=O)O[C@@H]([C@H](OC(=O)/C=C/C(=O)OCC)[C@H]1COC(C)(C)O1)[C@H]1COC(C)(C)O1. The summed E-state index contributed by atoms with van der Waals surface area (Å²) in [6.07, 6.45) is -1.87. The highest BCUT2D eigenvalue weighted by Gasteiger charge is 2.50. The Morgan fingerprint density at radius 2 is 1.41 bits per heavy atom. The molecule has 180 valence electrons. The summed E-state index contributed by atoms with van der Waals surface area (Å²) in [7, 11) is 0. The highest BCUT2D eigenvalue weighted by molar-refractivity contribution is 5.91. The average Bonchev–Trinajstić information content (AvgIpc) is 3.23. The Balaban J connectivity index is 2.31. The van der Waals surface area contributed by atoms with Crippen molar-refractivity contribution < 1.29 is 47.5 Å². The van der Waals surface area contributed by atoms with Crippen molar-refractivity contribution in [3.05, 3.63) is 24.3 Å². The summed E-state index contributed by atoms with van der Waals surface area (Å²) < 4.78 is 39.0. The molecule has 0 aromatic rings. The van der Waals surface area contributed by atoms with E-state index >= 15 is 0 Å². The van der Waals surface area contributed by atoms with Gasteiger partial charge in [-0.2, -0.15) is 0 Å². The van der Waals surface area contributed by atoms with E-state index in [-0.39, 0.29) is 25.4 Å². The Bertz CT molecular complexity index is 754. The summed E-state index contributed by atoms with van der Waals surface area (Å²) >= 11 is 0. The zero-order valence-electron chi connectivity index (χ0n) is 19.4. The van der Waals surface area contributed by atoms with Crippen molar-refractivity contribution in [2.45, 2.75) is 77.5 Å². The van der Waals surface area contributed by atoms with Crippen LogP contribution in [0, 0.1) is 0 Å². The number of carbonyl (C=O) groups is 3. The molecule has 0 aliphatic carbocycles. The lowest BCUT2D eigenvalue weighted by atomic mass is 10.0. The van der Waals surface area contributed by atoms with Crippen molar-refractivity contribution in [2.24, 2.45) is 0 Å². The van der Waals surface area contributed by atoms with E-state index in [0.717, 1.165) is 12.2 Å². The summed E-state index contributed by atoms with van der Waals surface area (Å²) in [5.74, 6) is -4.10. The van der Waals surface area contributed by atoms with Gasteiger partial charge >= 0.3 is 17.9 Å². The number of hydrogen-bond acceptors (Lipinski definition) is 10. The Morgan fingerprint density at radius 1 is 0.938 bits per heavy atom. The van der Waals surface area contributed by atoms with Gasteiger partial charge in [0.25, 0.3) is 0 Å². The molecule has 0 unspecified atom stereocenters. The van der Waals surface area contributed by atoms with Crippen molar-refractivity contribution in [1.82, 2.24) is 0 Å². The van der Waals surface area contributed by atoms with Crippen LogP contribution in [0.5, 0.6) is 0 Å². The van der Waals surface area contributed by atoms with E-state index in [0.29, 0.717) is 0 Å². The third-order valence-electron chi connectivity index (χ3n) is 4.60. The lowest BCUT2D eigenvalue weighted by Gasteiger charge is -2.33. The average molecular weight is 456 g/mol. The molecule has 10 heteroatoms. The van der Waals surface area contributed by atoms with Crippen LogP contribution in [-0.2, 0) is 47.5 Å². The zero-order chi connectivity index (χ0) is 24.1. The molecule has 2 aliphatic rings. The third kappa shape index (κ3) is 7.40. The number of rotatable bonds is 9. The minimum atomic E-state index is -1.12. The zero-order valence-corrected chi connectivity index (χ0v) is 19.4. The molecule has 2 fully saturated rings. The van der Waals surface area contributed by atoms with Crippen LogP contribution in [0.4, 0.5) is 0 Å². The van der Waals surface area contributed by atoms with E-state index in [1.165, 1.54) is 6.92 Å². The van der Waals surface area contributed by atoms with Crippen LogP contribution in [0.1, 0.15) is 41.5 Å². The predicted octanol–water partition coefficient (Wildman–Crippen LogP) is 1.81. The second-order valence-corrected chi connectivity index (χ2v) is 8.37. The first-order chi connectivity index (χ1) is 14.8. The van der Waals surface area contributed by atoms with Gasteiger partial charge in [-0.15, -0.1) is 0 Å². The van der Waals surface area contributed by atoms with Crippen molar-refractivity contribution in [1.29, 1.82) is 0 Å². The first-order valence-electron chi connectivity index (χ1n) is 10.4. The van der Waals surface area contributed by atoms with Crippen LogP contribution in [-0.4, -0.2) is 73.7 Å². The maximum Gasteiger partial charge on any atom is 0.333 e. The van der Waals surface area contributed by atoms with E-state index in [2.05, 4.69) is 6.58 Å². The molecule has 4 atom stereocenters. The molecule has 0 aromatic carbocycles. The summed E-state index contributed by atoms with van der Waals surface area (Å²) in [6, 6.07) is 0. The number of hydrogen-bond donors (Lipinski definition) is 0. The van der Waals surface area contributed by atoms with Gasteiger partial charge in [0.1, 0.15) is 12.2 Å². The van der Waals surface area contributed by atoms with Gasteiger partial charge in [-0.05, 0) is 41.5 Å². The Labute approximate surface area is 187 Å². The van der Waals surface area contributed by atoms with Gasteiger partial charge in [-0.3, -0.25) is 0 Å². The van der Waals surface area contributed by atoms with Crippen molar-refractivity contribution in [2.75, 3.05) is 19.8 Å². The second-order valence-electron chi connectivity index (χ2n) is 8.37. The first-order valence-corrected chi connectivity index (χ1v) is 10.4. The van der Waals surface area contributed by atoms with Gasteiger partial charge in [0.15, 0.2) is 23.8 Å². The van der Waals surface area contributed by atoms with Crippen molar-refractivity contribution >= 4 is 17.9 Å². The van der Waals surface area contributed by atoms with Gasteiger partial charge in [-0.1, -0.05) is 6.58 Å². The molecule has 2 rings (SSSR count). The smallest absolute Gasteiger partial charge is 0.333 e. The molecule has 0 radical (unpaired) electrons. The van der Waals surface area contributed by atoms with Crippen LogP contribution in [0.3, 0.4) is 0 Å². The van der Waals surface area contributed by atoms with E-state index < -0.39 is 53.9 Å². The Hall–Kier alpha value is -2.27. The number of esters is 3. The number of ether oxygens (including phenoxy) is 7. The number of carbonyl (C=O) groups excluding carboxylic acids is 3. The van der Waals surface area contributed by atoms with Crippen LogP contribution < -0.4 is 0 Å². The minimum absolute atomic E-state index is 0.0740. The van der Waals surface area contributed by atoms with Gasteiger partial charge in [0, 0.05) is 17.7 Å². The highest BCUT2D eigenvalue weighted by Crippen LogP contribution is 2.33. The van der Waals surface area contributed by atoms with Gasteiger partial charge in [0.05, 0.1) is 19.8 Å². The molecular formula is C22H32O10. The molecule has 0 bridgehead atoms. The second kappa shape index (κ2) is 10.6. The minimum Gasteiger partial charge on any atom is -0.463 e. The van der Waals surface area contributed by atoms with E-state index in [1.54, 1.807) is 34.6 Å². The van der Waals surface area contributed by atoms with E-state index in [1.807, 2.05) is 0 Å². The van der Waals surface area contributed by atoms with Crippen LogP contribution in [0.15, 0.2) is 24.3 Å². The van der Waals surface area contributed by atoms with Gasteiger partial charge < -0.3 is 33.2 Å². The normalized spacial score (nSPS) is 25.8. The lowest BCUT2D eigenvalue weighted by Crippen LogP contribution is -2.51. The standard InChI is InChI=1S/C22H32O10/c1-8-26-16(23)9-10-17(24)29-18(14-11-27-21(4,5)31-14)19(30-20(25)13(2)3)15-12-28-22(6,7)32-15/h9-10,14-15,18-19H,2,8,11-12H2,1,3-7H3/b10-9+/t14-,15-,18-,19-/m1/s1. The molecule has 2 saturated heterocycles. The largest absolute Gasteiger partial charge is 0.463 e. The van der Waals surface area contributed by atoms with Crippen molar-refractivity contribution in [3.8, 4) is 0 Å². The monoisotopic (exact) mass is 456 g/mol. The summed E-state index contributed by atoms with van der Waals surface area (Å²) in [6.45, 7) is 13.9. The van der Waals surface area contributed by atoms with E-state index in [9.17, 15) is 14.4 Å². The van der Waals surface area contributed by atoms with Gasteiger partial charge in [-0.25, -0.2) is 14.4 Å². The molecule has 0 aromatic heterocycles. The summed E-state index contributed by atoms with van der Waals surface area (Å²) in [5.41, 5.74) is 0.157. The Morgan fingerprint density at radius 3 is 1.81 bits per heavy atom. The molecule has 0 saturated carbocycles. The third-order valence-corrected chi connectivity index (χ3v) is 4.60.